The van der Waals surface area contributed by atoms with Gasteiger partial charge in [0.15, 0.2) is 17.5 Å². The number of furan rings is 3. The minimum absolute atomic E-state index is 0.519. The monoisotopic (exact) mass is 987 g/mol. The molecule has 0 saturated carbocycles. The third-order valence-corrected chi connectivity index (χ3v) is 15.6. The van der Waals surface area contributed by atoms with Gasteiger partial charge in [0.1, 0.15) is 33.5 Å². The Bertz CT molecular complexity index is 4800. The molecule has 6 heteroatoms. The predicted octanol–water partition coefficient (Wildman–Crippen LogP) is 18.9. The molecule has 362 valence electrons. The Labute approximate surface area is 443 Å². The van der Waals surface area contributed by atoms with E-state index in [-0.39, 0.29) is 0 Å². The highest BCUT2D eigenvalue weighted by Crippen LogP contribution is 2.59. The van der Waals surface area contributed by atoms with E-state index in [9.17, 15) is 0 Å². The highest BCUT2D eigenvalue weighted by atomic mass is 16.3. The van der Waals surface area contributed by atoms with Crippen LogP contribution < -0.4 is 0 Å². The molecule has 0 aliphatic heterocycles. The summed E-state index contributed by atoms with van der Waals surface area (Å²) in [4.78, 5) is 15.9. The molecule has 4 heterocycles. The number of aromatic nitrogens is 3. The number of fused-ring (bicyclic) bond motifs is 12. The minimum atomic E-state index is -0.538. The molecule has 14 aromatic rings. The van der Waals surface area contributed by atoms with Gasteiger partial charge in [0.25, 0.3) is 0 Å². The molecule has 10 aromatic carbocycles. The Kier molecular flexibility index (Phi) is 10.1. The Morgan fingerprint density at radius 2 is 0.948 bits per heavy atom. The smallest absolute Gasteiger partial charge is 0.164 e. The summed E-state index contributed by atoms with van der Waals surface area (Å²) in [6.45, 7) is 6.17. The van der Waals surface area contributed by atoms with Gasteiger partial charge in [-0.25, -0.2) is 15.0 Å². The summed E-state index contributed by atoms with van der Waals surface area (Å²) in [5, 5.41) is 5.91. The van der Waals surface area contributed by atoms with E-state index in [1.54, 1.807) is 0 Å². The zero-order valence-corrected chi connectivity index (χ0v) is 41.9. The molecule has 0 bridgehead atoms. The van der Waals surface area contributed by atoms with Gasteiger partial charge in [-0.2, -0.15) is 0 Å². The van der Waals surface area contributed by atoms with Crippen molar-refractivity contribution in [3.05, 3.63) is 272 Å². The molecule has 77 heavy (non-hydrogen) atoms. The number of benzene rings is 10. The molecule has 1 atom stereocenters. The lowest BCUT2D eigenvalue weighted by Crippen LogP contribution is -2.29. The number of allylic oxidation sites excluding steroid dienone is 5. The van der Waals surface area contributed by atoms with E-state index >= 15 is 0 Å². The highest BCUT2D eigenvalue weighted by molar-refractivity contribution is 6.14. The maximum Gasteiger partial charge on any atom is 0.164 e. The van der Waals surface area contributed by atoms with Gasteiger partial charge in [-0.3, -0.25) is 0 Å². The molecular formula is C71H45N3O3. The van der Waals surface area contributed by atoms with Crippen LogP contribution in [0.2, 0.25) is 0 Å². The van der Waals surface area contributed by atoms with Gasteiger partial charge in [-0.15, -0.1) is 0 Å². The third kappa shape index (κ3) is 6.78. The van der Waals surface area contributed by atoms with Gasteiger partial charge >= 0.3 is 0 Å². The van der Waals surface area contributed by atoms with Crippen LogP contribution in [0.3, 0.4) is 0 Å². The Balaban J connectivity index is 0.896. The van der Waals surface area contributed by atoms with Gasteiger partial charge in [0.2, 0.25) is 0 Å². The first-order valence-electron chi connectivity index (χ1n) is 26.0. The maximum absolute atomic E-state index is 6.68. The van der Waals surface area contributed by atoms with E-state index in [0.717, 1.165) is 99.2 Å². The molecule has 15 rings (SSSR count). The average molecular weight is 988 g/mol. The molecule has 1 aliphatic rings. The van der Waals surface area contributed by atoms with Crippen molar-refractivity contribution in [2.45, 2.75) is 12.3 Å². The fourth-order valence-electron chi connectivity index (χ4n) is 12.3. The first-order chi connectivity index (χ1) is 38.1. The van der Waals surface area contributed by atoms with Crippen molar-refractivity contribution in [3.63, 3.8) is 0 Å². The zero-order valence-electron chi connectivity index (χ0n) is 41.9. The van der Waals surface area contributed by atoms with Crippen LogP contribution in [0.15, 0.2) is 268 Å². The molecule has 0 saturated heterocycles. The molecule has 4 aromatic heterocycles. The lowest BCUT2D eigenvalue weighted by molar-refractivity contribution is 0.668. The summed E-state index contributed by atoms with van der Waals surface area (Å²) in [5.74, 6) is 1.57. The van der Waals surface area contributed by atoms with Crippen molar-refractivity contribution < 1.29 is 13.3 Å². The van der Waals surface area contributed by atoms with Crippen LogP contribution in [0.1, 0.15) is 23.6 Å². The zero-order chi connectivity index (χ0) is 51.2. The summed E-state index contributed by atoms with van der Waals surface area (Å²) in [6.07, 6.45) is 8.36. The van der Waals surface area contributed by atoms with Crippen molar-refractivity contribution in [1.82, 2.24) is 15.0 Å². The van der Waals surface area contributed by atoms with Gasteiger partial charge in [0, 0.05) is 49.0 Å². The molecule has 0 amide bonds. The highest BCUT2D eigenvalue weighted by Gasteiger charge is 2.47. The standard InChI is InChI=1S/C71H45N3O3/c1-3-5-21-47(4-2)71(48-22-7-6-8-23-48)57-30-12-9-25-52(57)65-49(27-16-31-58(65)71)45-20-15-19-43(40-45)44-37-39-61-56(41-44)67-55(29-18-35-63(67)76-61)70-73-68(46-36-38-51-50-24-10-13-32-59(50)77-64(51)42-46)72-69(74-70)54-28-17-34-62-66(54)53-26-11-14-33-60(53)75-62/h3-42H,1H2,2H3/b21-5-,47-4+. The molecular weight excluding hydrogens is 943 g/mol. The predicted molar refractivity (Wildman–Crippen MR) is 314 cm³/mol. The molecule has 0 radical (unpaired) electrons. The number of hydrogen-bond donors (Lipinski definition) is 0. The van der Waals surface area contributed by atoms with Gasteiger partial charge in [-0.05, 0) is 117 Å². The molecule has 6 nitrogen and oxygen atoms in total. The number of para-hydroxylation sites is 2. The second-order valence-corrected chi connectivity index (χ2v) is 19.7. The Morgan fingerprint density at radius 1 is 0.403 bits per heavy atom. The van der Waals surface area contributed by atoms with Crippen LogP contribution in [0.25, 0.3) is 133 Å². The molecule has 1 unspecified atom stereocenters. The van der Waals surface area contributed by atoms with Crippen LogP contribution in [0.5, 0.6) is 0 Å². The summed E-state index contributed by atoms with van der Waals surface area (Å²) < 4.78 is 19.5. The molecule has 0 fully saturated rings. The van der Waals surface area contributed by atoms with Crippen molar-refractivity contribution in [2.24, 2.45) is 0 Å². The lowest BCUT2D eigenvalue weighted by Gasteiger charge is -2.34. The molecule has 1 aliphatic carbocycles. The number of rotatable bonds is 9. The van der Waals surface area contributed by atoms with Gasteiger partial charge in [-0.1, -0.05) is 195 Å². The van der Waals surface area contributed by atoms with E-state index in [1.165, 1.54) is 39.0 Å². The lowest BCUT2D eigenvalue weighted by atomic mass is 9.67. The van der Waals surface area contributed by atoms with Crippen LogP contribution in [0, 0.1) is 0 Å². The summed E-state index contributed by atoms with van der Waals surface area (Å²) >= 11 is 0. The molecule has 0 spiro atoms. The van der Waals surface area contributed by atoms with Gasteiger partial charge in [0.05, 0.1) is 5.41 Å². The fourth-order valence-corrected chi connectivity index (χ4v) is 12.3. The van der Waals surface area contributed by atoms with Crippen LogP contribution in [0.4, 0.5) is 0 Å². The van der Waals surface area contributed by atoms with E-state index in [0.29, 0.717) is 17.5 Å². The van der Waals surface area contributed by atoms with E-state index in [1.807, 2.05) is 78.9 Å². The second kappa shape index (κ2) is 17.5. The van der Waals surface area contributed by atoms with Gasteiger partial charge < -0.3 is 13.3 Å². The third-order valence-electron chi connectivity index (χ3n) is 15.6. The van der Waals surface area contributed by atoms with Crippen molar-refractivity contribution in [1.29, 1.82) is 0 Å². The quantitative estimate of drug-likeness (QED) is 0.134. The Morgan fingerprint density at radius 3 is 1.73 bits per heavy atom. The average Bonchev–Trinajstić information content (AvgIpc) is 4.33. The SMILES string of the molecule is C=C/C=C\C(=C/C)C1(c2ccccc2)c2ccccc2-c2c(-c3cccc(-c4ccc5oc6cccc(-c7nc(-c8ccc9c(c8)oc8ccccc89)nc(-c8cccc9oc%10ccccc%10c89)n7)c6c5c4)c3)cccc21. The van der Waals surface area contributed by atoms with E-state index in [2.05, 4.69) is 177 Å². The van der Waals surface area contributed by atoms with Crippen molar-refractivity contribution >= 4 is 65.8 Å². The first-order valence-corrected chi connectivity index (χ1v) is 26.0. The Hall–Kier alpha value is -10.2. The van der Waals surface area contributed by atoms with E-state index < -0.39 is 5.41 Å². The van der Waals surface area contributed by atoms with Crippen LogP contribution in [-0.4, -0.2) is 15.0 Å². The fraction of sp³-hybridized carbons (Fsp3) is 0.0282. The topological polar surface area (TPSA) is 78.1 Å². The van der Waals surface area contributed by atoms with Crippen molar-refractivity contribution in [2.75, 3.05) is 0 Å². The number of nitrogens with zero attached hydrogens (tertiary/aromatic N) is 3. The minimum Gasteiger partial charge on any atom is -0.456 e. The van der Waals surface area contributed by atoms with Crippen LogP contribution >= 0.6 is 0 Å². The normalized spacial score (nSPS) is 14.4. The number of hydrogen-bond acceptors (Lipinski definition) is 6. The maximum atomic E-state index is 6.68. The van der Waals surface area contributed by atoms with E-state index in [4.69, 9.17) is 28.2 Å². The summed E-state index contributed by atoms with van der Waals surface area (Å²) in [6, 6.07) is 76.6. The van der Waals surface area contributed by atoms with Crippen LogP contribution in [-0.2, 0) is 5.41 Å². The summed E-state index contributed by atoms with van der Waals surface area (Å²) in [5.41, 5.74) is 18.4. The second-order valence-electron chi connectivity index (χ2n) is 19.7. The molecule has 0 N–H and O–H groups in total. The summed E-state index contributed by atoms with van der Waals surface area (Å²) in [7, 11) is 0. The first kappa shape index (κ1) is 44.3. The van der Waals surface area contributed by atoms with Crippen molar-refractivity contribution in [3.8, 4) is 67.5 Å². The largest absolute Gasteiger partial charge is 0.456 e.